The molecule has 0 saturated carbocycles. The predicted octanol–water partition coefficient (Wildman–Crippen LogP) is 1.18. The normalized spacial score (nSPS) is 18.1. The highest BCUT2D eigenvalue weighted by Crippen LogP contribution is 2.31. The average molecular weight is 293 g/mol. The van der Waals surface area contributed by atoms with Crippen LogP contribution in [-0.2, 0) is 16.0 Å². The van der Waals surface area contributed by atoms with Crippen LogP contribution in [0.2, 0.25) is 0 Å². The SMILES string of the molecule is COc1ccc2c(c1)C[C@@H](C(=O)N(C)[C@H](C)C(=O)O)CO2. The van der Waals surface area contributed by atoms with Gasteiger partial charge in [0.2, 0.25) is 5.91 Å². The van der Waals surface area contributed by atoms with Crippen LogP contribution in [0.25, 0.3) is 0 Å². The van der Waals surface area contributed by atoms with Gasteiger partial charge in [0, 0.05) is 7.05 Å². The fraction of sp³-hybridized carbons (Fsp3) is 0.467. The maximum atomic E-state index is 12.4. The molecule has 1 aliphatic heterocycles. The first-order valence-electron chi connectivity index (χ1n) is 6.73. The molecule has 1 aromatic rings. The molecule has 0 fully saturated rings. The molecule has 2 rings (SSSR count). The number of amides is 1. The number of ether oxygens (including phenoxy) is 2. The van der Waals surface area contributed by atoms with Crippen LogP contribution in [0.3, 0.4) is 0 Å². The van der Waals surface area contributed by atoms with E-state index in [9.17, 15) is 9.59 Å². The van der Waals surface area contributed by atoms with E-state index in [1.165, 1.54) is 18.9 Å². The molecule has 0 aromatic heterocycles. The maximum Gasteiger partial charge on any atom is 0.326 e. The minimum Gasteiger partial charge on any atom is -0.497 e. The van der Waals surface area contributed by atoms with Crippen molar-refractivity contribution in [2.75, 3.05) is 20.8 Å². The number of hydrogen-bond donors (Lipinski definition) is 1. The standard InChI is InChI=1S/C15H19NO5/c1-9(15(18)19)16(2)14(17)11-6-10-7-12(20-3)4-5-13(10)21-8-11/h4-5,7,9,11H,6,8H2,1-3H3,(H,18,19)/t9-,11-/m1/s1. The monoisotopic (exact) mass is 293 g/mol. The summed E-state index contributed by atoms with van der Waals surface area (Å²) in [6.45, 7) is 1.75. The first-order valence-corrected chi connectivity index (χ1v) is 6.73. The van der Waals surface area contributed by atoms with Crippen molar-refractivity contribution in [3.63, 3.8) is 0 Å². The Balaban J connectivity index is 2.13. The minimum absolute atomic E-state index is 0.224. The Kier molecular flexibility index (Phi) is 4.35. The number of methoxy groups -OCH3 is 1. The molecule has 0 saturated heterocycles. The van der Waals surface area contributed by atoms with Crippen LogP contribution in [0.5, 0.6) is 11.5 Å². The van der Waals surface area contributed by atoms with Crippen molar-refractivity contribution in [1.82, 2.24) is 4.90 Å². The molecule has 1 aromatic carbocycles. The summed E-state index contributed by atoms with van der Waals surface area (Å²) >= 11 is 0. The number of aliphatic carboxylic acids is 1. The summed E-state index contributed by atoms with van der Waals surface area (Å²) in [4.78, 5) is 24.6. The summed E-state index contributed by atoms with van der Waals surface area (Å²) in [5.41, 5.74) is 0.898. The van der Waals surface area contributed by atoms with E-state index in [4.69, 9.17) is 14.6 Å². The maximum absolute atomic E-state index is 12.4. The molecule has 6 nitrogen and oxygen atoms in total. The molecular formula is C15H19NO5. The Labute approximate surface area is 123 Å². The van der Waals surface area contributed by atoms with Gasteiger partial charge in [-0.15, -0.1) is 0 Å². The van der Waals surface area contributed by atoms with Crippen molar-refractivity contribution in [2.24, 2.45) is 5.92 Å². The molecule has 6 heteroatoms. The van der Waals surface area contributed by atoms with Gasteiger partial charge in [0.1, 0.15) is 24.1 Å². The number of carbonyl (C=O) groups excluding carboxylic acids is 1. The molecule has 0 radical (unpaired) electrons. The van der Waals surface area contributed by atoms with Gasteiger partial charge in [-0.05, 0) is 37.1 Å². The molecule has 0 spiro atoms. The smallest absolute Gasteiger partial charge is 0.326 e. The van der Waals surface area contributed by atoms with Crippen LogP contribution in [-0.4, -0.2) is 48.7 Å². The highest BCUT2D eigenvalue weighted by atomic mass is 16.5. The van der Waals surface area contributed by atoms with Gasteiger partial charge in [-0.3, -0.25) is 4.79 Å². The number of fused-ring (bicyclic) bond motifs is 1. The first kappa shape index (κ1) is 15.2. The van der Waals surface area contributed by atoms with Crippen molar-refractivity contribution in [3.05, 3.63) is 23.8 Å². The molecule has 1 amide bonds. The topological polar surface area (TPSA) is 76.1 Å². The number of carboxylic acid groups (broad SMARTS) is 1. The average Bonchev–Trinajstić information content (AvgIpc) is 2.51. The van der Waals surface area contributed by atoms with E-state index in [0.29, 0.717) is 12.2 Å². The number of rotatable bonds is 4. The van der Waals surface area contributed by atoms with Gasteiger partial charge in [0.05, 0.1) is 13.0 Å². The van der Waals surface area contributed by atoms with E-state index in [-0.39, 0.29) is 18.4 Å². The third-order valence-corrected chi connectivity index (χ3v) is 3.81. The molecule has 1 heterocycles. The Morgan fingerprint density at radius 3 is 2.81 bits per heavy atom. The van der Waals surface area contributed by atoms with Crippen LogP contribution in [0.15, 0.2) is 18.2 Å². The fourth-order valence-corrected chi connectivity index (χ4v) is 2.30. The lowest BCUT2D eigenvalue weighted by Gasteiger charge is -2.30. The Morgan fingerprint density at radius 1 is 1.48 bits per heavy atom. The Hall–Kier alpha value is -2.24. The van der Waals surface area contributed by atoms with Gasteiger partial charge in [-0.1, -0.05) is 0 Å². The van der Waals surface area contributed by atoms with Crippen molar-refractivity contribution in [2.45, 2.75) is 19.4 Å². The quantitative estimate of drug-likeness (QED) is 0.902. The molecule has 2 atom stereocenters. The lowest BCUT2D eigenvalue weighted by molar-refractivity contribution is -0.150. The molecule has 0 bridgehead atoms. The zero-order valence-corrected chi connectivity index (χ0v) is 12.3. The second-order valence-electron chi connectivity index (χ2n) is 5.15. The van der Waals surface area contributed by atoms with Gasteiger partial charge in [0.15, 0.2) is 0 Å². The zero-order valence-electron chi connectivity index (χ0n) is 12.3. The van der Waals surface area contributed by atoms with E-state index in [1.807, 2.05) is 12.1 Å². The van der Waals surface area contributed by atoms with E-state index in [1.54, 1.807) is 13.2 Å². The van der Waals surface area contributed by atoms with Crippen LogP contribution < -0.4 is 9.47 Å². The molecule has 0 unspecified atom stereocenters. The lowest BCUT2D eigenvalue weighted by atomic mass is 9.95. The number of likely N-dealkylation sites (N-methyl/N-ethyl adjacent to an activating group) is 1. The fourth-order valence-electron chi connectivity index (χ4n) is 2.30. The Bertz CT molecular complexity index is 557. The largest absolute Gasteiger partial charge is 0.497 e. The number of nitrogens with zero attached hydrogens (tertiary/aromatic N) is 1. The van der Waals surface area contributed by atoms with Gasteiger partial charge in [0.25, 0.3) is 0 Å². The number of hydrogen-bond acceptors (Lipinski definition) is 4. The number of carboxylic acids is 1. The summed E-state index contributed by atoms with van der Waals surface area (Å²) in [5.74, 6) is -0.175. The van der Waals surface area contributed by atoms with Gasteiger partial charge < -0.3 is 19.5 Å². The van der Waals surface area contributed by atoms with Crippen molar-refractivity contribution >= 4 is 11.9 Å². The molecule has 114 valence electrons. The van der Waals surface area contributed by atoms with Gasteiger partial charge >= 0.3 is 5.97 Å². The predicted molar refractivity (Wildman–Crippen MR) is 75.6 cm³/mol. The molecule has 1 N–H and O–H groups in total. The highest BCUT2D eigenvalue weighted by molar-refractivity contribution is 5.85. The van der Waals surface area contributed by atoms with E-state index in [0.717, 1.165) is 11.3 Å². The Morgan fingerprint density at radius 2 is 2.19 bits per heavy atom. The van der Waals surface area contributed by atoms with E-state index < -0.39 is 12.0 Å². The van der Waals surface area contributed by atoms with Gasteiger partial charge in [-0.25, -0.2) is 4.79 Å². The summed E-state index contributed by atoms with van der Waals surface area (Å²) in [6, 6.07) is 4.61. The molecule has 0 aliphatic carbocycles. The van der Waals surface area contributed by atoms with Gasteiger partial charge in [-0.2, -0.15) is 0 Å². The summed E-state index contributed by atoms with van der Waals surface area (Å²) < 4.78 is 10.8. The third kappa shape index (κ3) is 3.09. The van der Waals surface area contributed by atoms with E-state index >= 15 is 0 Å². The zero-order chi connectivity index (χ0) is 15.6. The number of benzene rings is 1. The molecular weight excluding hydrogens is 274 g/mol. The molecule has 1 aliphatic rings. The van der Waals surface area contributed by atoms with Crippen molar-refractivity contribution in [1.29, 1.82) is 0 Å². The summed E-state index contributed by atoms with van der Waals surface area (Å²) in [6.07, 6.45) is 0.516. The van der Waals surface area contributed by atoms with Crippen LogP contribution in [0.1, 0.15) is 12.5 Å². The first-order chi connectivity index (χ1) is 9.93. The molecule has 21 heavy (non-hydrogen) atoms. The third-order valence-electron chi connectivity index (χ3n) is 3.81. The number of carbonyl (C=O) groups is 2. The highest BCUT2D eigenvalue weighted by Gasteiger charge is 2.32. The minimum atomic E-state index is -1.02. The van der Waals surface area contributed by atoms with Crippen molar-refractivity contribution in [3.8, 4) is 11.5 Å². The van der Waals surface area contributed by atoms with Crippen LogP contribution in [0, 0.1) is 5.92 Å². The second kappa shape index (κ2) is 6.03. The van der Waals surface area contributed by atoms with Crippen LogP contribution >= 0.6 is 0 Å². The summed E-state index contributed by atoms with van der Waals surface area (Å²) in [5, 5.41) is 8.98. The second-order valence-corrected chi connectivity index (χ2v) is 5.15. The van der Waals surface area contributed by atoms with Crippen LogP contribution in [0.4, 0.5) is 0 Å². The lowest BCUT2D eigenvalue weighted by Crippen LogP contribution is -2.45. The van der Waals surface area contributed by atoms with E-state index in [2.05, 4.69) is 0 Å². The summed E-state index contributed by atoms with van der Waals surface area (Å²) in [7, 11) is 3.08. The van der Waals surface area contributed by atoms with Crippen molar-refractivity contribution < 1.29 is 24.2 Å².